The zero-order valence-electron chi connectivity index (χ0n) is 8.93. The summed E-state index contributed by atoms with van der Waals surface area (Å²) in [6.07, 6.45) is 0.834. The maximum absolute atomic E-state index is 11.3. The summed E-state index contributed by atoms with van der Waals surface area (Å²) < 4.78 is 0. The molecule has 0 aromatic heterocycles. The molecule has 4 nitrogen and oxygen atoms in total. The van der Waals surface area contributed by atoms with Crippen LogP contribution in [-0.2, 0) is 26.7 Å². The van der Waals surface area contributed by atoms with Gasteiger partial charge in [-0.25, -0.2) is 0 Å². The van der Waals surface area contributed by atoms with Gasteiger partial charge in [-0.1, -0.05) is 20.3 Å². The van der Waals surface area contributed by atoms with E-state index in [0.29, 0.717) is 0 Å². The molecule has 1 heterocycles. The summed E-state index contributed by atoms with van der Waals surface area (Å²) in [6.45, 7) is 5.17. The molecule has 0 unspecified atom stereocenters. The third kappa shape index (κ3) is 2.61. The zero-order valence-corrected chi connectivity index (χ0v) is 9.87. The maximum atomic E-state index is 11.3. The second-order valence-corrected chi connectivity index (χ2v) is 3.65. The number of aliphatic hydroxyl groups is 1. The SMILES string of the molecule is CC[C@H](C)[C@@H]1NC(=O)C(C(C)=O)=C1O.[Cu+2]. The van der Waals surface area contributed by atoms with E-state index < -0.39 is 11.9 Å². The normalized spacial score (nSPS) is 22.1. The van der Waals surface area contributed by atoms with Crippen LogP contribution in [0.15, 0.2) is 11.3 Å². The molecule has 5 heteroatoms. The molecule has 0 bridgehead atoms. The quantitative estimate of drug-likeness (QED) is 0.586. The van der Waals surface area contributed by atoms with Crippen LogP contribution in [0.3, 0.4) is 0 Å². The van der Waals surface area contributed by atoms with E-state index in [1.165, 1.54) is 6.92 Å². The zero-order chi connectivity index (χ0) is 10.9. The molecular weight excluding hydrogens is 246 g/mol. The molecule has 0 aromatic carbocycles. The fourth-order valence-electron chi connectivity index (χ4n) is 1.54. The van der Waals surface area contributed by atoms with E-state index in [1.807, 2.05) is 13.8 Å². The molecule has 15 heavy (non-hydrogen) atoms. The van der Waals surface area contributed by atoms with Gasteiger partial charge in [0, 0.05) is 0 Å². The number of aliphatic hydroxyl groups excluding tert-OH is 1. The van der Waals surface area contributed by atoms with Gasteiger partial charge >= 0.3 is 17.1 Å². The van der Waals surface area contributed by atoms with Gasteiger partial charge in [-0.2, -0.15) is 0 Å². The predicted octanol–water partition coefficient (Wildman–Crippen LogP) is 0.930. The number of Topliss-reactive ketones (excluding diaryl/α,β-unsaturated/α-hetero) is 1. The van der Waals surface area contributed by atoms with Crippen molar-refractivity contribution in [2.24, 2.45) is 5.92 Å². The molecular formula is C10H15CuNO3+2. The van der Waals surface area contributed by atoms with Gasteiger partial charge in [0.1, 0.15) is 11.3 Å². The largest absolute Gasteiger partial charge is 2.00 e. The maximum Gasteiger partial charge on any atom is 2.00 e. The number of hydrogen-bond donors (Lipinski definition) is 2. The molecule has 87 valence electrons. The number of rotatable bonds is 3. The molecule has 1 amide bonds. The van der Waals surface area contributed by atoms with Crippen molar-refractivity contribution in [1.29, 1.82) is 0 Å². The summed E-state index contributed by atoms with van der Waals surface area (Å²) in [5.41, 5.74) is -0.0877. The molecule has 0 aliphatic carbocycles. The predicted molar refractivity (Wildman–Crippen MR) is 51.7 cm³/mol. The van der Waals surface area contributed by atoms with Crippen molar-refractivity contribution >= 4 is 11.7 Å². The molecule has 0 fully saturated rings. The first-order chi connectivity index (χ1) is 6.49. The summed E-state index contributed by atoms with van der Waals surface area (Å²) >= 11 is 0. The van der Waals surface area contributed by atoms with Crippen molar-refractivity contribution in [2.75, 3.05) is 0 Å². The van der Waals surface area contributed by atoms with Crippen molar-refractivity contribution < 1.29 is 31.8 Å². The summed E-state index contributed by atoms with van der Waals surface area (Å²) in [6, 6.07) is -0.397. The van der Waals surface area contributed by atoms with Crippen LogP contribution in [0.1, 0.15) is 27.2 Å². The van der Waals surface area contributed by atoms with E-state index in [2.05, 4.69) is 5.32 Å². The van der Waals surface area contributed by atoms with Crippen molar-refractivity contribution in [3.63, 3.8) is 0 Å². The molecule has 2 atom stereocenters. The van der Waals surface area contributed by atoms with Crippen molar-refractivity contribution in [2.45, 2.75) is 33.2 Å². The smallest absolute Gasteiger partial charge is 0.509 e. The minimum absolute atomic E-state index is 0. The van der Waals surface area contributed by atoms with Crippen LogP contribution in [0.4, 0.5) is 0 Å². The molecule has 0 saturated heterocycles. The van der Waals surface area contributed by atoms with Gasteiger partial charge in [-0.3, -0.25) is 9.59 Å². The molecule has 2 N–H and O–H groups in total. The second-order valence-electron chi connectivity index (χ2n) is 3.65. The molecule has 1 rings (SSSR count). The van der Waals surface area contributed by atoms with Crippen molar-refractivity contribution in [3.05, 3.63) is 11.3 Å². The molecule has 1 radical (unpaired) electrons. The van der Waals surface area contributed by atoms with Crippen LogP contribution in [0, 0.1) is 5.92 Å². The topological polar surface area (TPSA) is 66.4 Å². The average Bonchev–Trinajstić information content (AvgIpc) is 2.40. The monoisotopic (exact) mass is 260 g/mol. The molecule has 0 spiro atoms. The average molecular weight is 261 g/mol. The number of carbonyl (C=O) groups is 2. The van der Waals surface area contributed by atoms with Gasteiger partial charge in [0.15, 0.2) is 5.78 Å². The number of amides is 1. The Morgan fingerprint density at radius 3 is 2.47 bits per heavy atom. The van der Waals surface area contributed by atoms with Crippen LogP contribution in [0.25, 0.3) is 0 Å². The summed E-state index contributed by atoms with van der Waals surface area (Å²) in [5.74, 6) is -0.807. The third-order valence-corrected chi connectivity index (χ3v) is 2.63. The fraction of sp³-hybridized carbons (Fsp3) is 0.600. The van der Waals surface area contributed by atoms with Crippen LogP contribution in [0.5, 0.6) is 0 Å². The Labute approximate surface area is 99.6 Å². The Kier molecular flexibility index (Phi) is 5.04. The molecule has 1 aliphatic heterocycles. The summed E-state index contributed by atoms with van der Waals surface area (Å²) in [5, 5.41) is 12.3. The number of hydrogen-bond acceptors (Lipinski definition) is 3. The van der Waals surface area contributed by atoms with E-state index in [1.54, 1.807) is 0 Å². The van der Waals surface area contributed by atoms with Gasteiger partial charge in [0.2, 0.25) is 0 Å². The number of carbonyl (C=O) groups excluding carboxylic acids is 2. The van der Waals surface area contributed by atoms with E-state index >= 15 is 0 Å². The summed E-state index contributed by atoms with van der Waals surface area (Å²) in [4.78, 5) is 22.4. The summed E-state index contributed by atoms with van der Waals surface area (Å²) in [7, 11) is 0. The van der Waals surface area contributed by atoms with Gasteiger partial charge in [0.05, 0.1) is 6.04 Å². The van der Waals surface area contributed by atoms with Crippen LogP contribution < -0.4 is 5.32 Å². The van der Waals surface area contributed by atoms with Gasteiger partial charge in [0.25, 0.3) is 5.91 Å². The molecule has 0 aromatic rings. The Hall–Kier alpha value is -0.801. The Bertz CT molecular complexity index is 312. The van der Waals surface area contributed by atoms with E-state index in [9.17, 15) is 14.7 Å². The number of nitrogens with one attached hydrogen (secondary N) is 1. The van der Waals surface area contributed by atoms with Gasteiger partial charge < -0.3 is 10.4 Å². The van der Waals surface area contributed by atoms with E-state index in [4.69, 9.17) is 0 Å². The molecule has 1 aliphatic rings. The van der Waals surface area contributed by atoms with E-state index in [-0.39, 0.29) is 40.1 Å². The van der Waals surface area contributed by atoms with Crippen molar-refractivity contribution in [1.82, 2.24) is 5.32 Å². The standard InChI is InChI=1S/C10H15NO3.Cu/c1-4-5(2)8-9(13)7(6(3)12)10(14)11-8;/h5,8,13H,4H2,1-3H3,(H,11,14);/q;+2/t5-,8-;/m0./s1. The minimum atomic E-state index is -0.458. The van der Waals surface area contributed by atoms with Gasteiger partial charge in [-0.05, 0) is 12.8 Å². The van der Waals surface area contributed by atoms with Crippen LogP contribution >= 0.6 is 0 Å². The Morgan fingerprint density at radius 1 is 1.60 bits per heavy atom. The fourth-order valence-corrected chi connectivity index (χ4v) is 1.54. The number of ketones is 1. The Morgan fingerprint density at radius 2 is 2.13 bits per heavy atom. The first-order valence-corrected chi connectivity index (χ1v) is 4.74. The Balaban J connectivity index is 0.00000196. The first kappa shape index (κ1) is 14.2. The van der Waals surface area contributed by atoms with E-state index in [0.717, 1.165) is 6.42 Å². The first-order valence-electron chi connectivity index (χ1n) is 4.74. The van der Waals surface area contributed by atoms with Gasteiger partial charge in [-0.15, -0.1) is 0 Å². The van der Waals surface area contributed by atoms with Crippen molar-refractivity contribution in [3.8, 4) is 0 Å². The molecule has 0 saturated carbocycles. The third-order valence-electron chi connectivity index (χ3n) is 2.63. The van der Waals surface area contributed by atoms with Crippen LogP contribution in [0.2, 0.25) is 0 Å². The van der Waals surface area contributed by atoms with Crippen LogP contribution in [-0.4, -0.2) is 22.8 Å². The second kappa shape index (κ2) is 5.33. The minimum Gasteiger partial charge on any atom is -0.509 e.